The van der Waals surface area contributed by atoms with E-state index in [1.807, 2.05) is 40.7 Å². The molecule has 8 heteroatoms. The predicted molar refractivity (Wildman–Crippen MR) is 91.7 cm³/mol. The van der Waals surface area contributed by atoms with Crippen molar-refractivity contribution >= 4 is 41.6 Å². The first kappa shape index (κ1) is 16.7. The number of hydrogen-bond acceptors (Lipinski definition) is 3. The van der Waals surface area contributed by atoms with Gasteiger partial charge in [0.2, 0.25) is 5.95 Å². The van der Waals surface area contributed by atoms with Gasteiger partial charge in [0.1, 0.15) is 0 Å². The van der Waals surface area contributed by atoms with Gasteiger partial charge in [-0.1, -0.05) is 23.2 Å². The van der Waals surface area contributed by atoms with Crippen LogP contribution in [0.3, 0.4) is 0 Å². The fourth-order valence-corrected chi connectivity index (χ4v) is 2.36. The van der Waals surface area contributed by atoms with Gasteiger partial charge in [0.15, 0.2) is 0 Å². The molecular weight excluding hydrogens is 345 g/mol. The van der Waals surface area contributed by atoms with Crippen LogP contribution < -0.4 is 5.32 Å². The van der Waals surface area contributed by atoms with Crippen LogP contribution in [0.15, 0.2) is 43.1 Å². The number of nitrogens with zero attached hydrogens (tertiary/aromatic N) is 4. The first-order chi connectivity index (χ1) is 10.2. The maximum Gasteiger partial charge on any atom is 0.202 e. The smallest absolute Gasteiger partial charge is 0.202 e. The molecule has 5 nitrogen and oxygen atoms in total. The zero-order valence-corrected chi connectivity index (χ0v) is 14.0. The summed E-state index contributed by atoms with van der Waals surface area (Å²) in [7, 11) is 1.84. The van der Waals surface area contributed by atoms with Gasteiger partial charge in [-0.25, -0.2) is 9.97 Å². The molecule has 1 aromatic carbocycles. The summed E-state index contributed by atoms with van der Waals surface area (Å²) in [6.45, 7) is 0.643. The number of imidazole rings is 2. The first-order valence-corrected chi connectivity index (χ1v) is 7.10. The Kier molecular flexibility index (Phi) is 5.34. The molecule has 3 rings (SSSR count). The lowest BCUT2D eigenvalue weighted by molar-refractivity contribution is 0.785. The molecule has 2 aromatic heterocycles. The average molecular weight is 359 g/mol. The van der Waals surface area contributed by atoms with Crippen molar-refractivity contribution in [3.63, 3.8) is 0 Å². The Balaban J connectivity index is 0.00000176. The van der Waals surface area contributed by atoms with Crippen molar-refractivity contribution in [1.29, 1.82) is 0 Å². The second-order valence-corrected chi connectivity index (χ2v) is 5.31. The summed E-state index contributed by atoms with van der Waals surface area (Å²) >= 11 is 12.0. The molecule has 0 saturated heterocycles. The number of rotatable bonds is 4. The largest absolute Gasteiger partial charge is 0.359 e. The van der Waals surface area contributed by atoms with Gasteiger partial charge < -0.3 is 14.5 Å². The van der Waals surface area contributed by atoms with Crippen molar-refractivity contribution in [3.8, 4) is 5.69 Å². The highest BCUT2D eigenvalue weighted by Crippen LogP contribution is 2.24. The highest BCUT2D eigenvalue weighted by molar-refractivity contribution is 6.42. The van der Waals surface area contributed by atoms with E-state index in [2.05, 4.69) is 15.3 Å². The van der Waals surface area contributed by atoms with Crippen LogP contribution >= 0.6 is 35.6 Å². The molecule has 0 spiro atoms. The van der Waals surface area contributed by atoms with Crippen molar-refractivity contribution in [1.82, 2.24) is 19.1 Å². The fraction of sp³-hybridized carbons (Fsp3) is 0.143. The highest BCUT2D eigenvalue weighted by atomic mass is 35.5. The minimum Gasteiger partial charge on any atom is -0.359 e. The second kappa shape index (κ2) is 7.05. The fourth-order valence-electron chi connectivity index (χ4n) is 2.07. The number of benzene rings is 1. The third kappa shape index (κ3) is 3.38. The molecule has 1 N–H and O–H groups in total. The molecule has 0 bridgehead atoms. The molecule has 0 saturated carbocycles. The van der Waals surface area contributed by atoms with Crippen molar-refractivity contribution in [2.24, 2.45) is 0 Å². The van der Waals surface area contributed by atoms with Gasteiger partial charge in [-0.2, -0.15) is 0 Å². The van der Waals surface area contributed by atoms with Crippen LogP contribution in [0.2, 0.25) is 10.0 Å². The Morgan fingerprint density at radius 1 is 1.18 bits per heavy atom. The zero-order valence-electron chi connectivity index (χ0n) is 11.7. The normalized spacial score (nSPS) is 10.3. The first-order valence-electron chi connectivity index (χ1n) is 6.34. The summed E-state index contributed by atoms with van der Waals surface area (Å²) in [6, 6.07) is 5.48. The van der Waals surface area contributed by atoms with Crippen LogP contribution in [0.25, 0.3) is 5.69 Å². The summed E-state index contributed by atoms with van der Waals surface area (Å²) < 4.78 is 3.90. The SMILES string of the molecule is CNc1nccn1Cc1cn(-c2ccc(Cl)c(Cl)c2)cn1.Cl. The van der Waals surface area contributed by atoms with Crippen LogP contribution in [-0.2, 0) is 6.54 Å². The lowest BCUT2D eigenvalue weighted by Crippen LogP contribution is -2.04. The Morgan fingerprint density at radius 2 is 2.00 bits per heavy atom. The van der Waals surface area contributed by atoms with Crippen LogP contribution in [0, 0.1) is 0 Å². The van der Waals surface area contributed by atoms with Gasteiger partial charge in [-0.3, -0.25) is 0 Å². The van der Waals surface area contributed by atoms with Crippen molar-refractivity contribution in [2.75, 3.05) is 12.4 Å². The molecule has 0 atom stereocenters. The Labute approximate surface area is 144 Å². The van der Waals surface area contributed by atoms with Crippen LogP contribution in [0.5, 0.6) is 0 Å². The second-order valence-electron chi connectivity index (χ2n) is 4.50. The van der Waals surface area contributed by atoms with Gasteiger partial charge in [0.25, 0.3) is 0 Å². The van der Waals surface area contributed by atoms with Gasteiger partial charge in [0, 0.05) is 31.3 Å². The quantitative estimate of drug-likeness (QED) is 0.770. The molecule has 3 aromatic rings. The number of anilines is 1. The lowest BCUT2D eigenvalue weighted by Gasteiger charge is -2.05. The van der Waals surface area contributed by atoms with E-state index in [1.165, 1.54) is 0 Å². The Hall–Kier alpha value is -1.69. The van der Waals surface area contributed by atoms with E-state index in [0.717, 1.165) is 17.3 Å². The maximum atomic E-state index is 6.04. The van der Waals surface area contributed by atoms with Gasteiger partial charge >= 0.3 is 0 Å². The van der Waals surface area contributed by atoms with Crippen molar-refractivity contribution in [2.45, 2.75) is 6.54 Å². The molecular formula is C14H14Cl3N5. The van der Waals surface area contributed by atoms with E-state index in [1.54, 1.807) is 18.6 Å². The average Bonchev–Trinajstić information content (AvgIpc) is 3.11. The Bertz CT molecular complexity index is 765. The molecule has 0 amide bonds. The zero-order chi connectivity index (χ0) is 14.8. The van der Waals surface area contributed by atoms with Crippen LogP contribution in [-0.4, -0.2) is 26.1 Å². The number of aromatic nitrogens is 4. The van der Waals surface area contributed by atoms with E-state index in [0.29, 0.717) is 16.6 Å². The van der Waals surface area contributed by atoms with E-state index in [4.69, 9.17) is 23.2 Å². The monoisotopic (exact) mass is 357 g/mol. The third-order valence-electron chi connectivity index (χ3n) is 3.11. The molecule has 0 aliphatic rings. The molecule has 22 heavy (non-hydrogen) atoms. The lowest BCUT2D eigenvalue weighted by atomic mass is 10.3. The van der Waals surface area contributed by atoms with Gasteiger partial charge in [-0.15, -0.1) is 12.4 Å². The molecule has 0 aliphatic heterocycles. The molecule has 0 unspecified atom stereocenters. The Morgan fingerprint density at radius 3 is 2.73 bits per heavy atom. The van der Waals surface area contributed by atoms with E-state index >= 15 is 0 Å². The predicted octanol–water partition coefficient (Wildman–Crippen LogP) is 3.89. The van der Waals surface area contributed by atoms with Gasteiger partial charge in [0.05, 0.1) is 28.6 Å². The summed E-state index contributed by atoms with van der Waals surface area (Å²) in [5, 5.41) is 4.10. The summed E-state index contributed by atoms with van der Waals surface area (Å²) in [6.07, 6.45) is 7.37. The summed E-state index contributed by atoms with van der Waals surface area (Å²) in [5.41, 5.74) is 1.85. The third-order valence-corrected chi connectivity index (χ3v) is 3.85. The van der Waals surface area contributed by atoms with Gasteiger partial charge in [-0.05, 0) is 18.2 Å². The molecule has 116 valence electrons. The van der Waals surface area contributed by atoms with E-state index < -0.39 is 0 Å². The van der Waals surface area contributed by atoms with E-state index in [9.17, 15) is 0 Å². The number of nitrogens with one attached hydrogen (secondary N) is 1. The minimum atomic E-state index is 0. The molecule has 0 fully saturated rings. The molecule has 0 aliphatic carbocycles. The summed E-state index contributed by atoms with van der Waals surface area (Å²) in [4.78, 5) is 8.61. The van der Waals surface area contributed by atoms with Crippen molar-refractivity contribution in [3.05, 3.63) is 58.9 Å². The summed E-state index contributed by atoms with van der Waals surface area (Å²) in [5.74, 6) is 0.805. The van der Waals surface area contributed by atoms with E-state index in [-0.39, 0.29) is 12.4 Å². The molecule has 2 heterocycles. The highest BCUT2D eigenvalue weighted by Gasteiger charge is 2.06. The number of halogens is 3. The minimum absolute atomic E-state index is 0. The van der Waals surface area contributed by atoms with Crippen LogP contribution in [0.1, 0.15) is 5.69 Å². The topological polar surface area (TPSA) is 47.7 Å². The molecule has 0 radical (unpaired) electrons. The van der Waals surface area contributed by atoms with Crippen molar-refractivity contribution < 1.29 is 0 Å². The maximum absolute atomic E-state index is 6.04. The standard InChI is InChI=1S/C14H13Cl2N5.ClH/c1-17-14-18-4-5-20(14)7-10-8-21(9-19-10)11-2-3-12(15)13(16)6-11;/h2-6,8-9H,7H2,1H3,(H,17,18);1H. The van der Waals surface area contributed by atoms with Crippen LogP contribution in [0.4, 0.5) is 5.95 Å². The number of hydrogen-bond donors (Lipinski definition) is 1.